The Balaban J connectivity index is 2.19. The van der Waals surface area contributed by atoms with Gasteiger partial charge < -0.3 is 4.74 Å². The molecule has 96 valence electrons. The molecule has 1 aromatic rings. The minimum atomic E-state index is 0.588. The zero-order valence-electron chi connectivity index (χ0n) is 11.0. The predicted octanol–water partition coefficient (Wildman–Crippen LogP) is 4.68. The molecule has 17 heavy (non-hydrogen) atoms. The molecule has 1 aromatic carbocycles. The Kier molecular flexibility index (Phi) is 7.18. The van der Waals surface area contributed by atoms with Gasteiger partial charge in [0.1, 0.15) is 5.75 Å². The summed E-state index contributed by atoms with van der Waals surface area (Å²) in [6.45, 7) is 5.24. The van der Waals surface area contributed by atoms with Crippen molar-refractivity contribution in [3.63, 3.8) is 0 Å². The van der Waals surface area contributed by atoms with E-state index >= 15 is 0 Å². The molecule has 0 saturated carbocycles. The van der Waals surface area contributed by atoms with Crippen LogP contribution in [0.3, 0.4) is 0 Å². The maximum Gasteiger partial charge on any atom is 0.119 e. The molecular weight excluding hydrogens is 228 g/mol. The van der Waals surface area contributed by atoms with E-state index in [2.05, 4.69) is 50.7 Å². The Bertz CT molecular complexity index is 292. The van der Waals surface area contributed by atoms with Crippen molar-refractivity contribution in [1.82, 2.24) is 0 Å². The van der Waals surface area contributed by atoms with Crippen molar-refractivity contribution in [3.8, 4) is 5.75 Å². The van der Waals surface area contributed by atoms with Crippen LogP contribution in [0.1, 0.15) is 51.0 Å². The molecule has 0 unspecified atom stereocenters. The molecule has 0 atom stereocenters. The zero-order chi connectivity index (χ0) is 12.5. The van der Waals surface area contributed by atoms with E-state index in [9.17, 15) is 0 Å². The molecule has 0 spiro atoms. The van der Waals surface area contributed by atoms with Gasteiger partial charge in [0.05, 0.1) is 6.61 Å². The van der Waals surface area contributed by atoms with Crippen molar-refractivity contribution >= 4 is 12.6 Å². The van der Waals surface area contributed by atoms with Gasteiger partial charge in [-0.1, -0.05) is 38.8 Å². The maximum absolute atomic E-state index is 5.70. The van der Waals surface area contributed by atoms with Crippen molar-refractivity contribution in [1.29, 1.82) is 0 Å². The summed E-state index contributed by atoms with van der Waals surface area (Å²) in [5.41, 5.74) is 1.37. The van der Waals surface area contributed by atoms with E-state index in [0.717, 1.165) is 24.5 Å². The lowest BCUT2D eigenvalue weighted by Crippen LogP contribution is -1.97. The summed E-state index contributed by atoms with van der Waals surface area (Å²) < 4.78 is 5.70. The molecule has 0 aliphatic carbocycles. The van der Waals surface area contributed by atoms with E-state index in [1.54, 1.807) is 0 Å². The van der Waals surface area contributed by atoms with Gasteiger partial charge in [0.25, 0.3) is 0 Å². The first-order valence-corrected chi connectivity index (χ1v) is 7.21. The van der Waals surface area contributed by atoms with Crippen LogP contribution >= 0.6 is 12.6 Å². The first-order chi connectivity index (χ1) is 8.24. The van der Waals surface area contributed by atoms with Gasteiger partial charge in [-0.15, -0.1) is 0 Å². The Labute approximate surface area is 111 Å². The standard InChI is InChI=1S/C15H24OS/c1-13(2)14-7-9-15(10-8-14)16-11-5-3-4-6-12-17/h7-10,13,17H,3-6,11-12H2,1-2H3. The van der Waals surface area contributed by atoms with Crippen LogP contribution in [-0.4, -0.2) is 12.4 Å². The molecule has 0 bridgehead atoms. The van der Waals surface area contributed by atoms with Crippen molar-refractivity contribution in [2.45, 2.75) is 45.4 Å². The van der Waals surface area contributed by atoms with Crippen LogP contribution in [0.4, 0.5) is 0 Å². The smallest absolute Gasteiger partial charge is 0.119 e. The lowest BCUT2D eigenvalue weighted by atomic mass is 10.0. The fourth-order valence-electron chi connectivity index (χ4n) is 1.71. The highest BCUT2D eigenvalue weighted by Crippen LogP contribution is 2.18. The lowest BCUT2D eigenvalue weighted by Gasteiger charge is -2.08. The van der Waals surface area contributed by atoms with Crippen molar-refractivity contribution < 1.29 is 4.74 Å². The SMILES string of the molecule is CC(C)c1ccc(OCCCCCCS)cc1. The van der Waals surface area contributed by atoms with Crippen LogP contribution in [0, 0.1) is 0 Å². The van der Waals surface area contributed by atoms with Gasteiger partial charge in [-0.3, -0.25) is 0 Å². The largest absolute Gasteiger partial charge is 0.494 e. The van der Waals surface area contributed by atoms with Crippen LogP contribution in [0.2, 0.25) is 0 Å². The van der Waals surface area contributed by atoms with E-state index in [1.165, 1.54) is 24.8 Å². The molecule has 0 amide bonds. The molecule has 0 aliphatic heterocycles. The number of rotatable bonds is 8. The van der Waals surface area contributed by atoms with Crippen LogP contribution < -0.4 is 4.74 Å². The molecule has 0 aromatic heterocycles. The minimum Gasteiger partial charge on any atom is -0.494 e. The number of unbranched alkanes of at least 4 members (excludes halogenated alkanes) is 3. The van der Waals surface area contributed by atoms with E-state index in [0.29, 0.717) is 5.92 Å². The maximum atomic E-state index is 5.70. The Morgan fingerprint density at radius 2 is 1.65 bits per heavy atom. The summed E-state index contributed by atoms with van der Waals surface area (Å²) in [7, 11) is 0. The van der Waals surface area contributed by atoms with Gasteiger partial charge in [0.2, 0.25) is 0 Å². The molecule has 0 aliphatic rings. The van der Waals surface area contributed by atoms with Crippen molar-refractivity contribution in [3.05, 3.63) is 29.8 Å². The molecule has 0 heterocycles. The number of hydrogen-bond acceptors (Lipinski definition) is 2. The second-order valence-electron chi connectivity index (χ2n) is 4.71. The fraction of sp³-hybridized carbons (Fsp3) is 0.600. The van der Waals surface area contributed by atoms with E-state index < -0.39 is 0 Å². The average molecular weight is 252 g/mol. The quantitative estimate of drug-likeness (QED) is 0.522. The normalized spacial score (nSPS) is 10.8. The molecule has 1 rings (SSSR count). The first kappa shape index (κ1) is 14.4. The van der Waals surface area contributed by atoms with Crippen LogP contribution in [-0.2, 0) is 0 Å². The number of hydrogen-bond donors (Lipinski definition) is 1. The Morgan fingerprint density at radius 3 is 2.24 bits per heavy atom. The third kappa shape index (κ3) is 6.02. The minimum absolute atomic E-state index is 0.588. The summed E-state index contributed by atoms with van der Waals surface area (Å²) in [5, 5.41) is 0. The summed E-state index contributed by atoms with van der Waals surface area (Å²) in [5.74, 6) is 2.58. The number of benzene rings is 1. The number of thiol groups is 1. The fourth-order valence-corrected chi connectivity index (χ4v) is 1.93. The second-order valence-corrected chi connectivity index (χ2v) is 5.16. The molecule has 0 saturated heterocycles. The monoisotopic (exact) mass is 252 g/mol. The summed E-state index contributed by atoms with van der Waals surface area (Å²) in [6, 6.07) is 8.45. The van der Waals surface area contributed by atoms with Gasteiger partial charge in [0.15, 0.2) is 0 Å². The topological polar surface area (TPSA) is 9.23 Å². The summed E-state index contributed by atoms with van der Waals surface area (Å²) >= 11 is 4.20. The second kappa shape index (κ2) is 8.46. The van der Waals surface area contributed by atoms with Crippen molar-refractivity contribution in [2.24, 2.45) is 0 Å². The molecule has 0 N–H and O–H groups in total. The van der Waals surface area contributed by atoms with Crippen LogP contribution in [0.25, 0.3) is 0 Å². The van der Waals surface area contributed by atoms with E-state index in [-0.39, 0.29) is 0 Å². The highest BCUT2D eigenvalue weighted by Gasteiger charge is 1.99. The Morgan fingerprint density at radius 1 is 1.00 bits per heavy atom. The first-order valence-electron chi connectivity index (χ1n) is 6.57. The highest BCUT2D eigenvalue weighted by atomic mass is 32.1. The Hall–Kier alpha value is -0.630. The summed E-state index contributed by atoms with van der Waals surface area (Å²) in [4.78, 5) is 0. The third-order valence-corrected chi connectivity index (χ3v) is 3.18. The van der Waals surface area contributed by atoms with E-state index in [4.69, 9.17) is 4.74 Å². The zero-order valence-corrected chi connectivity index (χ0v) is 11.9. The lowest BCUT2D eigenvalue weighted by molar-refractivity contribution is 0.305. The molecule has 2 heteroatoms. The van der Waals surface area contributed by atoms with Gasteiger partial charge in [0, 0.05) is 0 Å². The summed E-state index contributed by atoms with van der Waals surface area (Å²) in [6.07, 6.45) is 4.86. The van der Waals surface area contributed by atoms with Gasteiger partial charge in [-0.2, -0.15) is 12.6 Å². The molecule has 1 nitrogen and oxygen atoms in total. The molecular formula is C15H24OS. The van der Waals surface area contributed by atoms with Gasteiger partial charge in [-0.05, 0) is 42.2 Å². The third-order valence-electron chi connectivity index (χ3n) is 2.87. The van der Waals surface area contributed by atoms with Crippen molar-refractivity contribution in [2.75, 3.05) is 12.4 Å². The van der Waals surface area contributed by atoms with E-state index in [1.807, 2.05) is 0 Å². The van der Waals surface area contributed by atoms with Crippen LogP contribution in [0.15, 0.2) is 24.3 Å². The predicted molar refractivity (Wildman–Crippen MR) is 78.3 cm³/mol. The number of ether oxygens (including phenoxy) is 1. The average Bonchev–Trinajstić information content (AvgIpc) is 2.34. The molecule has 0 fully saturated rings. The van der Waals surface area contributed by atoms with Gasteiger partial charge in [-0.25, -0.2) is 0 Å². The van der Waals surface area contributed by atoms with Gasteiger partial charge >= 0.3 is 0 Å². The highest BCUT2D eigenvalue weighted by molar-refractivity contribution is 7.80. The molecule has 0 radical (unpaired) electrons. The van der Waals surface area contributed by atoms with Crippen LogP contribution in [0.5, 0.6) is 5.75 Å².